The average molecular weight is 153 g/mol. The van der Waals surface area contributed by atoms with E-state index in [1.807, 2.05) is 13.8 Å². The predicted molar refractivity (Wildman–Crippen MR) is 41.2 cm³/mol. The van der Waals surface area contributed by atoms with Crippen molar-refractivity contribution in [2.75, 3.05) is 6.61 Å². The molecule has 1 rings (SSSR count). The van der Waals surface area contributed by atoms with E-state index in [1.165, 1.54) is 0 Å². The maximum atomic E-state index is 10.6. The minimum absolute atomic E-state index is 0.360. The van der Waals surface area contributed by atoms with E-state index in [1.54, 1.807) is 12.2 Å². The number of hydrogen-bond donors (Lipinski definition) is 1. The molecule has 1 heterocycles. The molecule has 0 spiro atoms. The third kappa shape index (κ3) is 1.85. The zero-order valence-corrected chi connectivity index (χ0v) is 6.68. The number of amides is 1. The first-order chi connectivity index (χ1) is 5.16. The molecule has 1 atom stereocenters. The zero-order valence-electron chi connectivity index (χ0n) is 6.68. The van der Waals surface area contributed by atoms with Crippen molar-refractivity contribution in [3.05, 3.63) is 17.9 Å². The van der Waals surface area contributed by atoms with Crippen LogP contribution in [0.1, 0.15) is 13.8 Å². The Kier molecular flexibility index (Phi) is 2.01. The second-order valence-corrected chi connectivity index (χ2v) is 2.72. The molecule has 3 heteroatoms. The Morgan fingerprint density at radius 3 is 3.00 bits per heavy atom. The molecule has 60 valence electrons. The van der Waals surface area contributed by atoms with Gasteiger partial charge in [0.1, 0.15) is 12.1 Å². The third-order valence-corrected chi connectivity index (χ3v) is 1.46. The first kappa shape index (κ1) is 7.89. The highest BCUT2D eigenvalue weighted by Gasteiger charge is 2.32. The average Bonchev–Trinajstić information content (AvgIpc) is 2.28. The Balaban J connectivity index is 2.69. The Morgan fingerprint density at radius 2 is 2.55 bits per heavy atom. The molecular formula is C8H11NO2. The van der Waals surface area contributed by atoms with Crippen LogP contribution >= 0.6 is 0 Å². The van der Waals surface area contributed by atoms with E-state index in [0.29, 0.717) is 6.61 Å². The molecule has 1 fully saturated rings. The van der Waals surface area contributed by atoms with Crippen LogP contribution < -0.4 is 5.32 Å². The molecule has 0 radical (unpaired) electrons. The number of nitrogens with one attached hydrogen (secondary N) is 1. The number of hydrogen-bond acceptors (Lipinski definition) is 2. The summed E-state index contributed by atoms with van der Waals surface area (Å²) in [6.07, 6.45) is 3.22. The van der Waals surface area contributed by atoms with Crippen LogP contribution in [0.25, 0.3) is 0 Å². The van der Waals surface area contributed by atoms with Gasteiger partial charge in [-0.25, -0.2) is 4.79 Å². The summed E-state index contributed by atoms with van der Waals surface area (Å²) in [6, 6.07) is 0. The fourth-order valence-electron chi connectivity index (χ4n) is 0.866. The van der Waals surface area contributed by atoms with E-state index in [4.69, 9.17) is 4.74 Å². The summed E-state index contributed by atoms with van der Waals surface area (Å²) in [5.74, 6) is 0. The van der Waals surface area contributed by atoms with Gasteiger partial charge in [-0.2, -0.15) is 0 Å². The normalized spacial score (nSPS) is 28.4. The standard InChI is InChI=1S/C8H11NO2/c1-3-4-5-8(2)6-11-7(10)9-8/h3,5H,6H2,1-2H3,(H,9,10). The van der Waals surface area contributed by atoms with E-state index >= 15 is 0 Å². The van der Waals surface area contributed by atoms with Crippen molar-refractivity contribution < 1.29 is 9.53 Å². The summed E-state index contributed by atoms with van der Waals surface area (Å²) in [7, 11) is 0. The lowest BCUT2D eigenvalue weighted by atomic mass is 10.1. The highest BCUT2D eigenvalue weighted by Crippen LogP contribution is 2.12. The van der Waals surface area contributed by atoms with Crippen molar-refractivity contribution in [3.8, 4) is 0 Å². The summed E-state index contributed by atoms with van der Waals surface area (Å²) in [6.45, 7) is 4.14. The molecule has 1 aliphatic heterocycles. The van der Waals surface area contributed by atoms with Crippen LogP contribution in [0.4, 0.5) is 4.79 Å². The monoisotopic (exact) mass is 153 g/mol. The number of ether oxygens (including phenoxy) is 1. The molecule has 3 nitrogen and oxygen atoms in total. The SMILES string of the molecule is CC=C=CC1(C)COC(=O)N1. The number of alkyl carbamates (subject to hydrolysis) is 1. The lowest BCUT2D eigenvalue weighted by Crippen LogP contribution is -2.37. The van der Waals surface area contributed by atoms with Gasteiger partial charge in [0.15, 0.2) is 0 Å². The molecule has 0 aromatic heterocycles. The van der Waals surface area contributed by atoms with Gasteiger partial charge in [0.2, 0.25) is 0 Å². The minimum atomic E-state index is -0.371. The number of carbonyl (C=O) groups excluding carboxylic acids is 1. The highest BCUT2D eigenvalue weighted by molar-refractivity contribution is 5.71. The zero-order chi connectivity index (χ0) is 8.32. The summed E-state index contributed by atoms with van der Waals surface area (Å²) in [4.78, 5) is 10.6. The van der Waals surface area contributed by atoms with Gasteiger partial charge in [0, 0.05) is 0 Å². The van der Waals surface area contributed by atoms with Gasteiger partial charge in [-0.3, -0.25) is 0 Å². The van der Waals surface area contributed by atoms with Crippen LogP contribution in [0.15, 0.2) is 17.9 Å². The van der Waals surface area contributed by atoms with E-state index < -0.39 is 0 Å². The second kappa shape index (κ2) is 2.81. The fourth-order valence-corrected chi connectivity index (χ4v) is 0.866. The molecule has 1 saturated heterocycles. The molecule has 1 unspecified atom stereocenters. The van der Waals surface area contributed by atoms with Gasteiger partial charge in [0.05, 0.1) is 0 Å². The quantitative estimate of drug-likeness (QED) is 0.575. The van der Waals surface area contributed by atoms with Crippen molar-refractivity contribution in [1.82, 2.24) is 5.32 Å². The van der Waals surface area contributed by atoms with E-state index in [2.05, 4.69) is 11.0 Å². The molecule has 0 aromatic carbocycles. The second-order valence-electron chi connectivity index (χ2n) is 2.72. The van der Waals surface area contributed by atoms with Crippen LogP contribution in [-0.4, -0.2) is 18.2 Å². The van der Waals surface area contributed by atoms with E-state index in [-0.39, 0.29) is 11.6 Å². The van der Waals surface area contributed by atoms with Crippen LogP contribution in [0.5, 0.6) is 0 Å². The summed E-state index contributed by atoms with van der Waals surface area (Å²) >= 11 is 0. The highest BCUT2D eigenvalue weighted by atomic mass is 16.6. The summed E-state index contributed by atoms with van der Waals surface area (Å²) < 4.78 is 4.73. The van der Waals surface area contributed by atoms with Crippen molar-refractivity contribution >= 4 is 6.09 Å². The number of rotatable bonds is 1. The molecule has 0 bridgehead atoms. The maximum Gasteiger partial charge on any atom is 0.408 e. The van der Waals surface area contributed by atoms with E-state index in [0.717, 1.165) is 0 Å². The Labute approximate surface area is 65.7 Å². The van der Waals surface area contributed by atoms with Gasteiger partial charge < -0.3 is 10.1 Å². The Bertz CT molecular complexity index is 228. The van der Waals surface area contributed by atoms with Crippen LogP contribution in [0, 0.1) is 0 Å². The van der Waals surface area contributed by atoms with Gasteiger partial charge in [-0.15, -0.1) is 5.73 Å². The largest absolute Gasteiger partial charge is 0.447 e. The lowest BCUT2D eigenvalue weighted by Gasteiger charge is -2.12. The van der Waals surface area contributed by atoms with Crippen molar-refractivity contribution in [3.63, 3.8) is 0 Å². The summed E-state index contributed by atoms with van der Waals surface area (Å²) in [5.41, 5.74) is 2.54. The molecule has 0 aliphatic carbocycles. The molecule has 11 heavy (non-hydrogen) atoms. The lowest BCUT2D eigenvalue weighted by molar-refractivity contribution is 0.175. The maximum absolute atomic E-state index is 10.6. The van der Waals surface area contributed by atoms with Crippen molar-refractivity contribution in [2.45, 2.75) is 19.4 Å². The minimum Gasteiger partial charge on any atom is -0.447 e. The summed E-state index contributed by atoms with van der Waals surface area (Å²) in [5, 5.41) is 2.67. The van der Waals surface area contributed by atoms with Crippen LogP contribution in [0.3, 0.4) is 0 Å². The number of cyclic esters (lactones) is 1. The number of carbonyl (C=O) groups is 1. The van der Waals surface area contributed by atoms with Crippen LogP contribution in [0.2, 0.25) is 0 Å². The molecule has 1 N–H and O–H groups in total. The van der Waals surface area contributed by atoms with Crippen molar-refractivity contribution in [1.29, 1.82) is 0 Å². The van der Waals surface area contributed by atoms with Gasteiger partial charge in [-0.05, 0) is 26.0 Å². The first-order valence-electron chi connectivity index (χ1n) is 3.49. The fraction of sp³-hybridized carbons (Fsp3) is 0.500. The van der Waals surface area contributed by atoms with Crippen molar-refractivity contribution in [2.24, 2.45) is 0 Å². The predicted octanol–water partition coefficient (Wildman–Crippen LogP) is 1.22. The Morgan fingerprint density at radius 1 is 1.82 bits per heavy atom. The van der Waals surface area contributed by atoms with Gasteiger partial charge >= 0.3 is 6.09 Å². The molecule has 1 amide bonds. The first-order valence-corrected chi connectivity index (χ1v) is 3.49. The third-order valence-electron chi connectivity index (χ3n) is 1.46. The molecular weight excluding hydrogens is 142 g/mol. The molecule has 1 aliphatic rings. The Hall–Kier alpha value is -1.21. The van der Waals surface area contributed by atoms with E-state index in [9.17, 15) is 4.79 Å². The molecule has 0 aromatic rings. The van der Waals surface area contributed by atoms with Gasteiger partial charge in [0.25, 0.3) is 0 Å². The topological polar surface area (TPSA) is 38.3 Å². The molecule has 0 saturated carbocycles. The smallest absolute Gasteiger partial charge is 0.408 e. The van der Waals surface area contributed by atoms with Gasteiger partial charge in [-0.1, -0.05) is 0 Å². The van der Waals surface area contributed by atoms with Crippen LogP contribution in [-0.2, 0) is 4.74 Å².